The molecule has 0 radical (unpaired) electrons. The van der Waals surface area contributed by atoms with Crippen LogP contribution in [0.15, 0.2) is 22.9 Å². The Morgan fingerprint density at radius 2 is 2.07 bits per heavy atom. The zero-order valence-electron chi connectivity index (χ0n) is 15.8. The molecule has 0 aromatic carbocycles. The summed E-state index contributed by atoms with van der Waals surface area (Å²) in [7, 11) is 0. The number of pyridine rings is 1. The topological polar surface area (TPSA) is 98.2 Å². The van der Waals surface area contributed by atoms with Crippen molar-refractivity contribution in [3.05, 3.63) is 30.0 Å². The van der Waals surface area contributed by atoms with E-state index in [1.54, 1.807) is 0 Å². The van der Waals surface area contributed by atoms with Gasteiger partial charge in [0.1, 0.15) is 0 Å². The number of carbonyl (C=O) groups excluding carboxylic acids is 1. The second kappa shape index (κ2) is 7.33. The number of nitrogens with zero attached hydrogens (tertiary/aromatic N) is 5. The average molecular weight is 380 g/mol. The minimum atomic E-state index is 0.0822. The van der Waals surface area contributed by atoms with Gasteiger partial charge in [-0.25, -0.2) is 0 Å². The summed E-state index contributed by atoms with van der Waals surface area (Å²) in [5, 5.41) is 15.5. The lowest BCUT2D eigenvalue weighted by atomic mass is 10.0. The smallest absolute Gasteiger partial charge is 0.258 e. The van der Waals surface area contributed by atoms with Gasteiger partial charge in [0.05, 0.1) is 6.54 Å². The summed E-state index contributed by atoms with van der Waals surface area (Å²) >= 11 is 0. The summed E-state index contributed by atoms with van der Waals surface area (Å²) in [5.74, 6) is 3.27. The van der Waals surface area contributed by atoms with Crippen LogP contribution in [-0.4, -0.2) is 30.6 Å². The SMILES string of the molecule is O=C(CCC1CCCC1)NCc1nnc2cc(-c3nc(C4CC4)no3)ccn12. The van der Waals surface area contributed by atoms with Crippen LogP contribution in [-0.2, 0) is 11.3 Å². The first kappa shape index (κ1) is 17.3. The Labute approximate surface area is 162 Å². The number of nitrogens with one attached hydrogen (secondary N) is 1. The van der Waals surface area contributed by atoms with Gasteiger partial charge in [-0.3, -0.25) is 9.20 Å². The highest BCUT2D eigenvalue weighted by molar-refractivity contribution is 5.75. The van der Waals surface area contributed by atoms with Gasteiger partial charge in [0.15, 0.2) is 17.3 Å². The van der Waals surface area contributed by atoms with E-state index in [0.717, 1.165) is 36.6 Å². The maximum Gasteiger partial charge on any atom is 0.258 e. The van der Waals surface area contributed by atoms with E-state index in [1.807, 2.05) is 22.7 Å². The van der Waals surface area contributed by atoms with Gasteiger partial charge in [-0.1, -0.05) is 30.8 Å². The Hall–Kier alpha value is -2.77. The van der Waals surface area contributed by atoms with E-state index < -0.39 is 0 Å². The van der Waals surface area contributed by atoms with E-state index >= 15 is 0 Å². The molecule has 0 saturated heterocycles. The van der Waals surface area contributed by atoms with Crippen LogP contribution in [0.1, 0.15) is 68.9 Å². The van der Waals surface area contributed by atoms with Gasteiger partial charge in [-0.2, -0.15) is 4.98 Å². The number of amides is 1. The Morgan fingerprint density at radius 3 is 2.89 bits per heavy atom. The highest BCUT2D eigenvalue weighted by atomic mass is 16.5. The van der Waals surface area contributed by atoms with Gasteiger partial charge in [0.2, 0.25) is 5.91 Å². The van der Waals surface area contributed by atoms with Crippen LogP contribution in [0.4, 0.5) is 0 Å². The summed E-state index contributed by atoms with van der Waals surface area (Å²) in [6, 6.07) is 3.79. The van der Waals surface area contributed by atoms with Crippen LogP contribution in [0, 0.1) is 5.92 Å². The van der Waals surface area contributed by atoms with Crippen molar-refractivity contribution in [2.24, 2.45) is 5.92 Å². The molecule has 3 aromatic rings. The molecule has 1 N–H and O–H groups in total. The summed E-state index contributed by atoms with van der Waals surface area (Å²) in [5.41, 5.74) is 1.52. The first-order valence-electron chi connectivity index (χ1n) is 10.2. The van der Waals surface area contributed by atoms with Crippen molar-refractivity contribution >= 4 is 11.6 Å². The van der Waals surface area contributed by atoms with E-state index in [2.05, 4.69) is 25.7 Å². The highest BCUT2D eigenvalue weighted by Gasteiger charge is 2.29. The standard InChI is InChI=1S/C20H24N6O2/c27-18(8-5-13-3-1-2-4-13)21-12-17-24-23-16-11-15(9-10-26(16)17)20-22-19(25-28-20)14-6-7-14/h9-11,13-14H,1-8,12H2,(H,21,27). The van der Waals surface area contributed by atoms with Crippen LogP contribution < -0.4 is 5.32 Å². The quantitative estimate of drug-likeness (QED) is 0.676. The molecule has 3 aromatic heterocycles. The fraction of sp³-hybridized carbons (Fsp3) is 0.550. The normalized spacial score (nSPS) is 17.4. The number of hydrogen-bond donors (Lipinski definition) is 1. The molecule has 28 heavy (non-hydrogen) atoms. The summed E-state index contributed by atoms with van der Waals surface area (Å²) in [6.07, 6.45) is 10.9. The largest absolute Gasteiger partial charge is 0.349 e. The highest BCUT2D eigenvalue weighted by Crippen LogP contribution is 2.38. The lowest BCUT2D eigenvalue weighted by Crippen LogP contribution is -2.24. The van der Waals surface area contributed by atoms with Crippen molar-refractivity contribution < 1.29 is 9.32 Å². The molecule has 146 valence electrons. The predicted octanol–water partition coefficient (Wildman–Crippen LogP) is 3.24. The molecule has 3 heterocycles. The van der Waals surface area contributed by atoms with Gasteiger partial charge in [0.25, 0.3) is 5.89 Å². The molecule has 2 fully saturated rings. The second-order valence-corrected chi connectivity index (χ2v) is 7.96. The number of aromatic nitrogens is 5. The number of hydrogen-bond acceptors (Lipinski definition) is 6. The third-order valence-corrected chi connectivity index (χ3v) is 5.81. The molecule has 0 aliphatic heterocycles. The Bertz CT molecular complexity index is 984. The molecule has 2 saturated carbocycles. The Kier molecular flexibility index (Phi) is 4.54. The van der Waals surface area contributed by atoms with Crippen LogP contribution in [0.25, 0.3) is 17.1 Å². The van der Waals surface area contributed by atoms with E-state index in [0.29, 0.717) is 36.2 Å². The van der Waals surface area contributed by atoms with Gasteiger partial charge < -0.3 is 9.84 Å². The van der Waals surface area contributed by atoms with Gasteiger partial charge in [0, 0.05) is 24.1 Å². The van der Waals surface area contributed by atoms with Crippen molar-refractivity contribution in [3.63, 3.8) is 0 Å². The fourth-order valence-electron chi connectivity index (χ4n) is 3.95. The second-order valence-electron chi connectivity index (χ2n) is 7.96. The number of carbonyl (C=O) groups is 1. The summed E-state index contributed by atoms with van der Waals surface area (Å²) in [6.45, 7) is 0.371. The zero-order chi connectivity index (χ0) is 18.9. The average Bonchev–Trinajstić information content (AvgIpc) is 3.14. The van der Waals surface area contributed by atoms with Gasteiger partial charge in [-0.05, 0) is 37.3 Å². The molecular weight excluding hydrogens is 356 g/mol. The molecule has 0 spiro atoms. The first-order valence-corrected chi connectivity index (χ1v) is 10.2. The maximum atomic E-state index is 12.1. The molecule has 0 atom stereocenters. The van der Waals surface area contributed by atoms with Crippen LogP contribution in [0.3, 0.4) is 0 Å². The molecule has 0 bridgehead atoms. The Morgan fingerprint density at radius 1 is 1.21 bits per heavy atom. The summed E-state index contributed by atoms with van der Waals surface area (Å²) in [4.78, 5) is 16.6. The minimum absolute atomic E-state index is 0.0822. The molecular formula is C20H24N6O2. The summed E-state index contributed by atoms with van der Waals surface area (Å²) < 4.78 is 7.25. The maximum absolute atomic E-state index is 12.1. The van der Waals surface area contributed by atoms with Crippen molar-refractivity contribution in [3.8, 4) is 11.5 Å². The molecule has 8 nitrogen and oxygen atoms in total. The van der Waals surface area contributed by atoms with Crippen LogP contribution in [0.5, 0.6) is 0 Å². The van der Waals surface area contributed by atoms with Crippen LogP contribution in [0.2, 0.25) is 0 Å². The third kappa shape index (κ3) is 3.63. The molecule has 2 aliphatic carbocycles. The Balaban J connectivity index is 1.22. The first-order chi connectivity index (χ1) is 13.8. The van der Waals surface area contributed by atoms with Crippen molar-refractivity contribution in [2.45, 2.75) is 63.8 Å². The van der Waals surface area contributed by atoms with Crippen molar-refractivity contribution in [1.82, 2.24) is 30.1 Å². The molecule has 8 heteroatoms. The zero-order valence-corrected chi connectivity index (χ0v) is 15.8. The molecule has 0 unspecified atom stereocenters. The van der Waals surface area contributed by atoms with Crippen molar-refractivity contribution in [2.75, 3.05) is 0 Å². The molecule has 2 aliphatic rings. The van der Waals surface area contributed by atoms with E-state index in [1.165, 1.54) is 25.7 Å². The lowest BCUT2D eigenvalue weighted by molar-refractivity contribution is -0.121. The van der Waals surface area contributed by atoms with Crippen LogP contribution >= 0.6 is 0 Å². The van der Waals surface area contributed by atoms with Gasteiger partial charge >= 0.3 is 0 Å². The number of rotatable bonds is 7. The molecule has 1 amide bonds. The van der Waals surface area contributed by atoms with E-state index in [9.17, 15) is 4.79 Å². The van der Waals surface area contributed by atoms with Crippen molar-refractivity contribution in [1.29, 1.82) is 0 Å². The monoisotopic (exact) mass is 380 g/mol. The van der Waals surface area contributed by atoms with E-state index in [-0.39, 0.29) is 5.91 Å². The van der Waals surface area contributed by atoms with Gasteiger partial charge in [-0.15, -0.1) is 10.2 Å². The minimum Gasteiger partial charge on any atom is -0.349 e. The predicted molar refractivity (Wildman–Crippen MR) is 101 cm³/mol. The fourth-order valence-corrected chi connectivity index (χ4v) is 3.95. The molecule has 5 rings (SSSR count). The third-order valence-electron chi connectivity index (χ3n) is 5.81. The lowest BCUT2D eigenvalue weighted by Gasteiger charge is -2.08. The van der Waals surface area contributed by atoms with E-state index in [4.69, 9.17) is 4.52 Å². The number of fused-ring (bicyclic) bond motifs is 1.